The number of nitrogens with two attached hydrogens (primary N) is 1. The van der Waals surface area contributed by atoms with Crippen LogP contribution in [-0.4, -0.2) is 21.5 Å². The van der Waals surface area contributed by atoms with Crippen molar-refractivity contribution < 1.29 is 4.79 Å². The quantitative estimate of drug-likeness (QED) is 0.902. The molecule has 1 amide bonds. The third-order valence-electron chi connectivity index (χ3n) is 3.01. The van der Waals surface area contributed by atoms with Crippen molar-refractivity contribution >= 4 is 34.5 Å². The van der Waals surface area contributed by atoms with Crippen LogP contribution in [-0.2, 0) is 11.8 Å². The van der Waals surface area contributed by atoms with Gasteiger partial charge in [-0.3, -0.25) is 10.1 Å². The Balaban J connectivity index is 2.26. The summed E-state index contributed by atoms with van der Waals surface area (Å²) >= 11 is 5.92. The molecule has 1 aromatic carbocycles. The Bertz CT molecular complexity index is 608. The molecule has 2 rings (SSSR count). The second-order valence-corrected chi connectivity index (χ2v) is 4.95. The number of benzene rings is 1. The summed E-state index contributed by atoms with van der Waals surface area (Å²) in [6, 6.07) is 4.92. The SMILES string of the molecule is CCCC(N)C(=O)Nc1nc2cc(Cl)ccc2n1C. The average molecular weight is 281 g/mol. The second kappa shape index (κ2) is 5.59. The molecule has 0 aliphatic heterocycles. The summed E-state index contributed by atoms with van der Waals surface area (Å²) < 4.78 is 1.81. The van der Waals surface area contributed by atoms with Gasteiger partial charge in [0, 0.05) is 12.1 Å². The van der Waals surface area contributed by atoms with E-state index in [2.05, 4.69) is 10.3 Å². The van der Waals surface area contributed by atoms with Crippen LogP contribution in [0.1, 0.15) is 19.8 Å². The third kappa shape index (κ3) is 2.88. The summed E-state index contributed by atoms with van der Waals surface area (Å²) in [7, 11) is 1.84. The van der Waals surface area contributed by atoms with Crippen molar-refractivity contribution in [2.45, 2.75) is 25.8 Å². The van der Waals surface area contributed by atoms with Gasteiger partial charge in [-0.1, -0.05) is 24.9 Å². The molecule has 0 aliphatic rings. The number of nitrogens with zero attached hydrogens (tertiary/aromatic N) is 2. The Kier molecular flexibility index (Phi) is 4.07. The number of fused-ring (bicyclic) bond motifs is 1. The number of carbonyl (C=O) groups excluding carboxylic acids is 1. The number of hydrogen-bond donors (Lipinski definition) is 2. The first-order valence-corrected chi connectivity index (χ1v) is 6.59. The number of aromatic nitrogens is 2. The molecule has 0 radical (unpaired) electrons. The second-order valence-electron chi connectivity index (χ2n) is 4.51. The zero-order valence-corrected chi connectivity index (χ0v) is 11.7. The van der Waals surface area contributed by atoms with E-state index in [1.54, 1.807) is 12.1 Å². The third-order valence-corrected chi connectivity index (χ3v) is 3.25. The average Bonchev–Trinajstić information content (AvgIpc) is 2.66. The first-order chi connectivity index (χ1) is 9.02. The van der Waals surface area contributed by atoms with Crippen molar-refractivity contribution in [2.75, 3.05) is 5.32 Å². The van der Waals surface area contributed by atoms with E-state index >= 15 is 0 Å². The van der Waals surface area contributed by atoms with Crippen molar-refractivity contribution in [1.82, 2.24) is 9.55 Å². The highest BCUT2D eigenvalue weighted by atomic mass is 35.5. The zero-order chi connectivity index (χ0) is 14.0. The fourth-order valence-corrected chi connectivity index (χ4v) is 2.10. The molecule has 0 saturated carbocycles. The molecular weight excluding hydrogens is 264 g/mol. The molecule has 19 heavy (non-hydrogen) atoms. The smallest absolute Gasteiger partial charge is 0.243 e. The van der Waals surface area contributed by atoms with Gasteiger partial charge in [-0.2, -0.15) is 0 Å². The number of anilines is 1. The van der Waals surface area contributed by atoms with Gasteiger partial charge in [-0.15, -0.1) is 0 Å². The standard InChI is InChI=1S/C13H17ClN4O/c1-3-4-9(15)12(19)17-13-16-10-7-8(14)5-6-11(10)18(13)2/h5-7,9H,3-4,15H2,1-2H3,(H,16,17,19). The molecule has 0 saturated heterocycles. The highest BCUT2D eigenvalue weighted by Gasteiger charge is 2.16. The van der Waals surface area contributed by atoms with E-state index in [0.717, 1.165) is 17.5 Å². The van der Waals surface area contributed by atoms with Crippen molar-refractivity contribution in [2.24, 2.45) is 12.8 Å². The van der Waals surface area contributed by atoms with Crippen LogP contribution in [0.2, 0.25) is 5.02 Å². The molecule has 2 aromatic rings. The largest absolute Gasteiger partial charge is 0.320 e. The van der Waals surface area contributed by atoms with E-state index in [0.29, 0.717) is 17.4 Å². The maximum atomic E-state index is 11.9. The molecule has 3 N–H and O–H groups in total. The minimum Gasteiger partial charge on any atom is -0.320 e. The number of rotatable bonds is 4. The van der Waals surface area contributed by atoms with E-state index in [4.69, 9.17) is 17.3 Å². The van der Waals surface area contributed by atoms with Gasteiger partial charge in [-0.05, 0) is 24.6 Å². The summed E-state index contributed by atoms with van der Waals surface area (Å²) in [5, 5.41) is 3.37. The topological polar surface area (TPSA) is 72.9 Å². The lowest BCUT2D eigenvalue weighted by atomic mass is 10.2. The molecular formula is C13H17ClN4O. The lowest BCUT2D eigenvalue weighted by Gasteiger charge is -2.10. The highest BCUT2D eigenvalue weighted by Crippen LogP contribution is 2.21. The zero-order valence-electron chi connectivity index (χ0n) is 11.0. The normalized spacial score (nSPS) is 12.6. The molecule has 0 aliphatic carbocycles. The van der Waals surface area contributed by atoms with Crippen LogP contribution in [0, 0.1) is 0 Å². The Hall–Kier alpha value is -1.59. The fraction of sp³-hybridized carbons (Fsp3) is 0.385. The molecule has 6 heteroatoms. The van der Waals surface area contributed by atoms with Crippen molar-refractivity contribution in [3.8, 4) is 0 Å². The molecule has 1 aromatic heterocycles. The fourth-order valence-electron chi connectivity index (χ4n) is 1.93. The number of nitrogens with one attached hydrogen (secondary N) is 1. The number of carbonyl (C=O) groups is 1. The molecule has 1 atom stereocenters. The first-order valence-electron chi connectivity index (χ1n) is 6.21. The van der Waals surface area contributed by atoms with Gasteiger partial charge < -0.3 is 10.3 Å². The predicted octanol–water partition coefficient (Wildman–Crippen LogP) is 2.29. The minimum atomic E-state index is -0.506. The monoisotopic (exact) mass is 280 g/mol. The van der Waals surface area contributed by atoms with Crippen LogP contribution >= 0.6 is 11.6 Å². The molecule has 1 heterocycles. The molecule has 5 nitrogen and oxygen atoms in total. The number of amides is 1. The number of halogens is 1. The van der Waals surface area contributed by atoms with Gasteiger partial charge in [0.2, 0.25) is 11.9 Å². The van der Waals surface area contributed by atoms with Crippen LogP contribution in [0.3, 0.4) is 0 Å². The van der Waals surface area contributed by atoms with Gasteiger partial charge >= 0.3 is 0 Å². The Morgan fingerprint density at radius 1 is 1.58 bits per heavy atom. The lowest BCUT2D eigenvalue weighted by molar-refractivity contribution is -0.117. The van der Waals surface area contributed by atoms with Gasteiger partial charge in [-0.25, -0.2) is 4.98 Å². The Morgan fingerprint density at radius 2 is 2.32 bits per heavy atom. The van der Waals surface area contributed by atoms with Crippen molar-refractivity contribution in [1.29, 1.82) is 0 Å². The highest BCUT2D eigenvalue weighted by molar-refractivity contribution is 6.31. The number of imidazole rings is 1. The molecule has 0 fully saturated rings. The van der Waals surface area contributed by atoms with E-state index in [1.165, 1.54) is 0 Å². The number of aryl methyl sites for hydroxylation is 1. The summed E-state index contributed by atoms with van der Waals surface area (Å²) in [5.74, 6) is 0.264. The Labute approximate surface area is 116 Å². The van der Waals surface area contributed by atoms with Crippen molar-refractivity contribution in [3.05, 3.63) is 23.2 Å². The Morgan fingerprint density at radius 3 is 3.00 bits per heavy atom. The molecule has 102 valence electrons. The van der Waals surface area contributed by atoms with E-state index in [9.17, 15) is 4.79 Å². The summed E-state index contributed by atoms with van der Waals surface area (Å²) in [6.07, 6.45) is 1.52. The summed E-state index contributed by atoms with van der Waals surface area (Å²) in [4.78, 5) is 16.2. The van der Waals surface area contributed by atoms with E-state index in [-0.39, 0.29) is 5.91 Å². The van der Waals surface area contributed by atoms with Gasteiger partial charge in [0.25, 0.3) is 0 Å². The van der Waals surface area contributed by atoms with Crippen LogP contribution in [0.4, 0.5) is 5.95 Å². The van der Waals surface area contributed by atoms with E-state index in [1.807, 2.05) is 24.6 Å². The van der Waals surface area contributed by atoms with E-state index < -0.39 is 6.04 Å². The number of hydrogen-bond acceptors (Lipinski definition) is 3. The lowest BCUT2D eigenvalue weighted by Crippen LogP contribution is -2.36. The molecule has 0 bridgehead atoms. The summed E-state index contributed by atoms with van der Waals surface area (Å²) in [6.45, 7) is 1.99. The van der Waals surface area contributed by atoms with Crippen LogP contribution in [0.25, 0.3) is 11.0 Å². The first kappa shape index (κ1) is 13.8. The van der Waals surface area contributed by atoms with Crippen LogP contribution in [0.5, 0.6) is 0 Å². The van der Waals surface area contributed by atoms with Crippen LogP contribution in [0.15, 0.2) is 18.2 Å². The minimum absolute atomic E-state index is 0.216. The van der Waals surface area contributed by atoms with Gasteiger partial charge in [0.05, 0.1) is 17.1 Å². The van der Waals surface area contributed by atoms with Crippen molar-refractivity contribution in [3.63, 3.8) is 0 Å². The maximum absolute atomic E-state index is 11.9. The molecule has 0 spiro atoms. The summed E-state index contributed by atoms with van der Waals surface area (Å²) in [5.41, 5.74) is 7.42. The van der Waals surface area contributed by atoms with Gasteiger partial charge in [0.15, 0.2) is 0 Å². The maximum Gasteiger partial charge on any atom is 0.243 e. The van der Waals surface area contributed by atoms with Crippen LogP contribution < -0.4 is 11.1 Å². The van der Waals surface area contributed by atoms with Gasteiger partial charge in [0.1, 0.15) is 0 Å². The molecule has 1 unspecified atom stereocenters. The predicted molar refractivity (Wildman–Crippen MR) is 77.2 cm³/mol.